The summed E-state index contributed by atoms with van der Waals surface area (Å²) in [5, 5.41) is 22.2. The molecule has 1 amide bonds. The molecule has 0 atom stereocenters. The van der Waals surface area contributed by atoms with E-state index in [2.05, 4.69) is 10.6 Å². The number of amides is 1. The van der Waals surface area contributed by atoms with E-state index in [4.69, 9.17) is 10.5 Å². The van der Waals surface area contributed by atoms with Crippen LogP contribution in [0.15, 0.2) is 23.9 Å². The first-order chi connectivity index (χ1) is 8.65. The smallest absolute Gasteiger partial charge is 0.252 e. The van der Waals surface area contributed by atoms with Crippen molar-refractivity contribution < 1.29 is 9.18 Å². The zero-order valence-corrected chi connectivity index (χ0v) is 9.12. The molecular formula is C12H7FN4O. The summed E-state index contributed by atoms with van der Waals surface area (Å²) in [7, 11) is 0. The fourth-order valence-corrected chi connectivity index (χ4v) is 1.61. The Morgan fingerprint density at radius 1 is 1.44 bits per heavy atom. The number of carbonyl (C=O) groups excluding carboxylic acids is 1. The Labute approximate surface area is 102 Å². The minimum Gasteiger partial charge on any atom is -0.360 e. The van der Waals surface area contributed by atoms with Gasteiger partial charge < -0.3 is 10.6 Å². The predicted octanol–water partition coefficient (Wildman–Crippen LogP) is 1.41. The molecule has 0 aromatic heterocycles. The summed E-state index contributed by atoms with van der Waals surface area (Å²) in [5.74, 6) is -0.838. The van der Waals surface area contributed by atoms with Crippen molar-refractivity contribution >= 4 is 11.6 Å². The number of benzene rings is 1. The molecular weight excluding hydrogens is 235 g/mol. The van der Waals surface area contributed by atoms with Crippen molar-refractivity contribution in [2.24, 2.45) is 0 Å². The number of hydrogen-bond acceptors (Lipinski definition) is 4. The van der Waals surface area contributed by atoms with Crippen LogP contribution in [0.25, 0.3) is 0 Å². The minimum absolute atomic E-state index is 0.139. The standard InChI is InChI=1S/C12H7FN4O/c13-11-2-8(16-5-7(3-14)4-15)1-9-10(11)6-17-12(9)18/h1-2,5,16H,6H2,(H,17,18). The lowest BCUT2D eigenvalue weighted by atomic mass is 10.1. The second-order valence-electron chi connectivity index (χ2n) is 3.59. The maximum absolute atomic E-state index is 13.6. The zero-order chi connectivity index (χ0) is 13.1. The summed E-state index contributed by atoms with van der Waals surface area (Å²) in [5.41, 5.74) is 0.767. The topological polar surface area (TPSA) is 88.7 Å². The molecule has 1 aromatic rings. The van der Waals surface area contributed by atoms with Gasteiger partial charge >= 0.3 is 0 Å². The Morgan fingerprint density at radius 3 is 2.83 bits per heavy atom. The summed E-state index contributed by atoms with van der Waals surface area (Å²) in [6, 6.07) is 6.01. The molecule has 2 rings (SSSR count). The molecule has 1 aliphatic rings. The molecule has 1 heterocycles. The van der Waals surface area contributed by atoms with Gasteiger partial charge in [0.25, 0.3) is 5.91 Å². The largest absolute Gasteiger partial charge is 0.360 e. The summed E-state index contributed by atoms with van der Waals surface area (Å²) in [6.45, 7) is 0.178. The van der Waals surface area contributed by atoms with E-state index in [-0.39, 0.29) is 23.6 Å². The van der Waals surface area contributed by atoms with Crippen molar-refractivity contribution in [1.29, 1.82) is 10.5 Å². The van der Waals surface area contributed by atoms with Gasteiger partial charge in [-0.15, -0.1) is 0 Å². The number of fused-ring (bicyclic) bond motifs is 1. The van der Waals surface area contributed by atoms with Crippen molar-refractivity contribution in [3.8, 4) is 12.1 Å². The molecule has 5 nitrogen and oxygen atoms in total. The lowest BCUT2D eigenvalue weighted by Gasteiger charge is -2.04. The van der Waals surface area contributed by atoms with Crippen LogP contribution in [0.1, 0.15) is 15.9 Å². The first-order valence-corrected chi connectivity index (χ1v) is 5.03. The maximum atomic E-state index is 13.6. The Hall–Kier alpha value is -2.86. The van der Waals surface area contributed by atoms with Crippen molar-refractivity contribution in [1.82, 2.24) is 5.32 Å². The molecule has 18 heavy (non-hydrogen) atoms. The molecule has 1 aromatic carbocycles. The Kier molecular flexibility index (Phi) is 2.94. The third-order valence-electron chi connectivity index (χ3n) is 2.49. The predicted molar refractivity (Wildman–Crippen MR) is 60.5 cm³/mol. The monoisotopic (exact) mass is 242 g/mol. The van der Waals surface area contributed by atoms with Gasteiger partial charge in [0.15, 0.2) is 0 Å². The quantitative estimate of drug-likeness (QED) is 0.767. The van der Waals surface area contributed by atoms with Crippen molar-refractivity contribution in [3.05, 3.63) is 40.8 Å². The van der Waals surface area contributed by atoms with Crippen molar-refractivity contribution in [2.75, 3.05) is 5.32 Å². The zero-order valence-electron chi connectivity index (χ0n) is 9.12. The number of anilines is 1. The first-order valence-electron chi connectivity index (χ1n) is 5.03. The van der Waals surface area contributed by atoms with Crippen LogP contribution in [-0.2, 0) is 6.54 Å². The number of carbonyl (C=O) groups is 1. The number of rotatable bonds is 2. The van der Waals surface area contributed by atoms with Crippen LogP contribution in [0.4, 0.5) is 10.1 Å². The highest BCUT2D eigenvalue weighted by atomic mass is 19.1. The summed E-state index contributed by atoms with van der Waals surface area (Å²) in [4.78, 5) is 11.4. The van der Waals surface area contributed by atoms with Crippen molar-refractivity contribution in [3.63, 3.8) is 0 Å². The number of hydrogen-bond donors (Lipinski definition) is 2. The van der Waals surface area contributed by atoms with Gasteiger partial charge in [0.1, 0.15) is 23.5 Å². The van der Waals surface area contributed by atoms with Crippen LogP contribution in [0.3, 0.4) is 0 Å². The SMILES string of the molecule is N#CC(C#N)=CNc1cc(F)c2c(c1)C(=O)NC2. The number of allylic oxidation sites excluding steroid dienone is 1. The Balaban J connectivity index is 2.33. The van der Waals surface area contributed by atoms with E-state index in [0.29, 0.717) is 11.3 Å². The van der Waals surface area contributed by atoms with E-state index in [1.54, 1.807) is 12.1 Å². The van der Waals surface area contributed by atoms with Gasteiger partial charge in [0, 0.05) is 29.6 Å². The second kappa shape index (κ2) is 4.56. The van der Waals surface area contributed by atoms with E-state index in [0.717, 1.165) is 6.20 Å². The second-order valence-corrected chi connectivity index (χ2v) is 3.59. The molecule has 2 N–H and O–H groups in total. The molecule has 0 aliphatic carbocycles. The van der Waals surface area contributed by atoms with E-state index in [1.807, 2.05) is 0 Å². The normalized spacial score (nSPS) is 11.8. The van der Waals surface area contributed by atoms with E-state index in [9.17, 15) is 9.18 Å². The highest BCUT2D eigenvalue weighted by Crippen LogP contribution is 2.23. The third kappa shape index (κ3) is 2.00. The highest BCUT2D eigenvalue weighted by Gasteiger charge is 2.22. The van der Waals surface area contributed by atoms with Gasteiger partial charge in [0.05, 0.1) is 0 Å². The molecule has 0 bridgehead atoms. The Morgan fingerprint density at radius 2 is 2.17 bits per heavy atom. The van der Waals surface area contributed by atoms with Crippen LogP contribution in [0.5, 0.6) is 0 Å². The molecule has 0 saturated carbocycles. The van der Waals surface area contributed by atoms with Crippen LogP contribution >= 0.6 is 0 Å². The minimum atomic E-state index is -0.503. The third-order valence-corrected chi connectivity index (χ3v) is 2.49. The summed E-state index contributed by atoms with van der Waals surface area (Å²) >= 11 is 0. The first kappa shape index (κ1) is 11.6. The van der Waals surface area contributed by atoms with Gasteiger partial charge in [-0.2, -0.15) is 10.5 Å². The van der Waals surface area contributed by atoms with E-state index in [1.165, 1.54) is 12.1 Å². The number of nitrogens with zero attached hydrogens (tertiary/aromatic N) is 2. The van der Waals surface area contributed by atoms with Crippen LogP contribution in [0.2, 0.25) is 0 Å². The van der Waals surface area contributed by atoms with Crippen LogP contribution < -0.4 is 10.6 Å². The number of nitriles is 2. The summed E-state index contributed by atoms with van der Waals surface area (Å²) < 4.78 is 13.6. The van der Waals surface area contributed by atoms with Gasteiger partial charge in [0.2, 0.25) is 0 Å². The lowest BCUT2D eigenvalue weighted by molar-refractivity contribution is 0.0966. The highest BCUT2D eigenvalue weighted by molar-refractivity contribution is 5.99. The van der Waals surface area contributed by atoms with E-state index >= 15 is 0 Å². The molecule has 0 radical (unpaired) electrons. The average molecular weight is 242 g/mol. The molecule has 0 unspecified atom stereocenters. The maximum Gasteiger partial charge on any atom is 0.252 e. The number of halogens is 1. The summed E-state index contributed by atoms with van der Waals surface area (Å²) in [6.07, 6.45) is 1.16. The molecule has 88 valence electrons. The molecule has 0 spiro atoms. The number of nitrogens with one attached hydrogen (secondary N) is 2. The van der Waals surface area contributed by atoms with Crippen molar-refractivity contribution in [2.45, 2.75) is 6.54 Å². The lowest BCUT2D eigenvalue weighted by Crippen LogP contribution is -2.12. The fourth-order valence-electron chi connectivity index (χ4n) is 1.61. The molecule has 1 aliphatic heterocycles. The molecule has 6 heteroatoms. The average Bonchev–Trinajstić information content (AvgIpc) is 2.73. The fraction of sp³-hybridized carbons (Fsp3) is 0.0833. The van der Waals surface area contributed by atoms with Crippen LogP contribution in [-0.4, -0.2) is 5.91 Å². The van der Waals surface area contributed by atoms with E-state index < -0.39 is 5.82 Å². The molecule has 0 saturated heterocycles. The molecule has 0 fully saturated rings. The van der Waals surface area contributed by atoms with Gasteiger partial charge in [-0.05, 0) is 12.1 Å². The van der Waals surface area contributed by atoms with Gasteiger partial charge in [-0.25, -0.2) is 4.39 Å². The van der Waals surface area contributed by atoms with Gasteiger partial charge in [-0.1, -0.05) is 0 Å². The Bertz CT molecular complexity index is 621. The van der Waals surface area contributed by atoms with Gasteiger partial charge in [-0.3, -0.25) is 4.79 Å². The van der Waals surface area contributed by atoms with Crippen LogP contribution in [0, 0.1) is 28.5 Å².